The molecule has 1 saturated carbocycles. The van der Waals surface area contributed by atoms with E-state index in [1.807, 2.05) is 12.1 Å². The quantitative estimate of drug-likeness (QED) is 0.697. The molecule has 1 aromatic carbocycles. The average Bonchev–Trinajstić information content (AvgIpc) is 2.85. The van der Waals surface area contributed by atoms with E-state index in [-0.39, 0.29) is 5.54 Å². The molecule has 0 atom stereocenters. The third kappa shape index (κ3) is 1.42. The number of hydrogen-bond donors (Lipinski definition) is 2. The number of hydrogen-bond acceptors (Lipinski definition) is 1. The molecule has 0 aliphatic heterocycles. The fraction of sp³-hybridized carbons (Fsp3) is 0.300. The summed E-state index contributed by atoms with van der Waals surface area (Å²) in [7, 11) is 0. The fourth-order valence-corrected chi connectivity index (χ4v) is 1.41. The van der Waals surface area contributed by atoms with Crippen LogP contribution in [-0.2, 0) is 5.54 Å². The van der Waals surface area contributed by atoms with Crippen molar-refractivity contribution >= 4 is 5.97 Å². The maximum atomic E-state index is 10.6. The smallest absolute Gasteiger partial charge is 0.335 e. The lowest BCUT2D eigenvalue weighted by molar-refractivity contribution is -0.446. The van der Waals surface area contributed by atoms with Crippen molar-refractivity contribution in [1.29, 1.82) is 0 Å². The molecule has 1 aliphatic carbocycles. The molecular formula is C10H12NO2+. The molecule has 3 nitrogen and oxygen atoms in total. The number of rotatable bonds is 2. The van der Waals surface area contributed by atoms with Crippen molar-refractivity contribution in [3.63, 3.8) is 0 Å². The van der Waals surface area contributed by atoms with Gasteiger partial charge >= 0.3 is 5.97 Å². The summed E-state index contributed by atoms with van der Waals surface area (Å²) < 4.78 is 0. The van der Waals surface area contributed by atoms with E-state index in [1.165, 1.54) is 0 Å². The third-order valence-corrected chi connectivity index (χ3v) is 2.60. The van der Waals surface area contributed by atoms with Gasteiger partial charge in [0.2, 0.25) is 0 Å². The molecule has 1 aromatic rings. The van der Waals surface area contributed by atoms with Crippen molar-refractivity contribution in [2.24, 2.45) is 0 Å². The van der Waals surface area contributed by atoms with Gasteiger partial charge in [-0.3, -0.25) is 0 Å². The summed E-state index contributed by atoms with van der Waals surface area (Å²) >= 11 is 0. The van der Waals surface area contributed by atoms with Gasteiger partial charge in [0.25, 0.3) is 0 Å². The van der Waals surface area contributed by atoms with Gasteiger partial charge in [0.15, 0.2) is 0 Å². The van der Waals surface area contributed by atoms with Crippen LogP contribution in [0.2, 0.25) is 0 Å². The second-order valence-electron chi connectivity index (χ2n) is 3.66. The normalized spacial score (nSPS) is 18.2. The fourth-order valence-electron chi connectivity index (χ4n) is 1.41. The summed E-state index contributed by atoms with van der Waals surface area (Å²) in [5.74, 6) is -0.875. The van der Waals surface area contributed by atoms with Crippen molar-refractivity contribution in [2.75, 3.05) is 0 Å². The Kier molecular flexibility index (Phi) is 1.63. The van der Waals surface area contributed by atoms with E-state index in [2.05, 4.69) is 5.73 Å². The Morgan fingerprint density at radius 3 is 2.23 bits per heavy atom. The van der Waals surface area contributed by atoms with E-state index < -0.39 is 5.97 Å². The van der Waals surface area contributed by atoms with E-state index in [0.29, 0.717) is 5.56 Å². The molecule has 2 rings (SSSR count). The van der Waals surface area contributed by atoms with Crippen LogP contribution in [0.5, 0.6) is 0 Å². The Morgan fingerprint density at radius 2 is 1.85 bits per heavy atom. The van der Waals surface area contributed by atoms with Crippen LogP contribution >= 0.6 is 0 Å². The molecule has 68 valence electrons. The summed E-state index contributed by atoms with van der Waals surface area (Å²) in [4.78, 5) is 10.6. The Labute approximate surface area is 76.2 Å². The SMILES string of the molecule is [NH3+]C1(c2ccc(C(=O)O)cc2)CC1. The van der Waals surface area contributed by atoms with Crippen LogP contribution in [0, 0.1) is 0 Å². The van der Waals surface area contributed by atoms with Crippen LogP contribution < -0.4 is 5.73 Å². The molecule has 0 aromatic heterocycles. The maximum absolute atomic E-state index is 10.6. The maximum Gasteiger partial charge on any atom is 0.335 e. The highest BCUT2D eigenvalue weighted by atomic mass is 16.4. The van der Waals surface area contributed by atoms with Gasteiger partial charge in [-0.15, -0.1) is 0 Å². The molecule has 0 saturated heterocycles. The van der Waals surface area contributed by atoms with Crippen LogP contribution in [-0.4, -0.2) is 11.1 Å². The number of carbonyl (C=O) groups is 1. The van der Waals surface area contributed by atoms with Gasteiger partial charge in [-0.25, -0.2) is 4.79 Å². The number of benzene rings is 1. The minimum Gasteiger partial charge on any atom is -0.478 e. The molecule has 0 spiro atoms. The first-order chi connectivity index (χ1) is 6.12. The molecule has 13 heavy (non-hydrogen) atoms. The largest absolute Gasteiger partial charge is 0.478 e. The first kappa shape index (κ1) is 8.26. The van der Waals surface area contributed by atoms with Crippen LogP contribution in [0.15, 0.2) is 24.3 Å². The van der Waals surface area contributed by atoms with Crippen molar-refractivity contribution in [3.8, 4) is 0 Å². The van der Waals surface area contributed by atoms with Crippen LogP contribution in [0.1, 0.15) is 28.8 Å². The van der Waals surface area contributed by atoms with E-state index in [1.54, 1.807) is 12.1 Å². The van der Waals surface area contributed by atoms with Gasteiger partial charge in [0.1, 0.15) is 5.54 Å². The summed E-state index contributed by atoms with van der Waals surface area (Å²) in [6, 6.07) is 7.01. The third-order valence-electron chi connectivity index (χ3n) is 2.60. The molecule has 0 amide bonds. The Balaban J connectivity index is 2.28. The Hall–Kier alpha value is -1.35. The lowest BCUT2D eigenvalue weighted by Gasteiger charge is -2.04. The molecule has 0 heterocycles. The number of carboxylic acids is 1. The van der Waals surface area contributed by atoms with Crippen molar-refractivity contribution < 1.29 is 15.6 Å². The average molecular weight is 178 g/mol. The van der Waals surface area contributed by atoms with Crippen LogP contribution in [0.25, 0.3) is 0 Å². The summed E-state index contributed by atoms with van der Waals surface area (Å²) in [6.07, 6.45) is 2.22. The van der Waals surface area contributed by atoms with Crippen molar-refractivity contribution in [1.82, 2.24) is 0 Å². The predicted molar refractivity (Wildman–Crippen MR) is 47.2 cm³/mol. The van der Waals surface area contributed by atoms with Gasteiger partial charge in [0.05, 0.1) is 5.56 Å². The zero-order chi connectivity index (χ0) is 9.47. The highest BCUT2D eigenvalue weighted by molar-refractivity contribution is 5.87. The minimum atomic E-state index is -0.875. The second kappa shape index (κ2) is 2.57. The zero-order valence-corrected chi connectivity index (χ0v) is 7.29. The predicted octanol–water partition coefficient (Wildman–Crippen LogP) is 0.616. The molecule has 1 fully saturated rings. The molecule has 0 unspecified atom stereocenters. The van der Waals surface area contributed by atoms with Gasteiger partial charge < -0.3 is 10.8 Å². The van der Waals surface area contributed by atoms with Crippen LogP contribution in [0.4, 0.5) is 0 Å². The first-order valence-corrected chi connectivity index (χ1v) is 4.31. The second-order valence-corrected chi connectivity index (χ2v) is 3.66. The zero-order valence-electron chi connectivity index (χ0n) is 7.29. The highest BCUT2D eigenvalue weighted by Gasteiger charge is 2.44. The summed E-state index contributed by atoms with van der Waals surface area (Å²) in [6.45, 7) is 0. The molecule has 4 N–H and O–H groups in total. The van der Waals surface area contributed by atoms with E-state index in [4.69, 9.17) is 5.11 Å². The number of quaternary nitrogens is 1. The monoisotopic (exact) mass is 178 g/mol. The highest BCUT2D eigenvalue weighted by Crippen LogP contribution is 2.40. The van der Waals surface area contributed by atoms with E-state index in [0.717, 1.165) is 18.4 Å². The summed E-state index contributed by atoms with van der Waals surface area (Å²) in [5.41, 5.74) is 5.65. The van der Waals surface area contributed by atoms with Crippen molar-refractivity contribution in [3.05, 3.63) is 35.4 Å². The Morgan fingerprint density at radius 1 is 1.31 bits per heavy atom. The van der Waals surface area contributed by atoms with Gasteiger partial charge in [-0.05, 0) is 12.1 Å². The standard InChI is InChI=1S/C10H11NO2/c11-10(5-6-10)8-3-1-7(2-4-8)9(12)13/h1-4H,5-6,11H2,(H,12,13)/p+1. The van der Waals surface area contributed by atoms with Crippen molar-refractivity contribution in [2.45, 2.75) is 18.4 Å². The van der Waals surface area contributed by atoms with E-state index in [9.17, 15) is 4.79 Å². The van der Waals surface area contributed by atoms with Gasteiger partial charge in [0, 0.05) is 18.4 Å². The van der Waals surface area contributed by atoms with Gasteiger partial charge in [-0.2, -0.15) is 0 Å². The number of aromatic carboxylic acids is 1. The lowest BCUT2D eigenvalue weighted by Crippen LogP contribution is -2.61. The molecule has 1 aliphatic rings. The van der Waals surface area contributed by atoms with Gasteiger partial charge in [-0.1, -0.05) is 12.1 Å². The van der Waals surface area contributed by atoms with E-state index >= 15 is 0 Å². The first-order valence-electron chi connectivity index (χ1n) is 4.31. The molecule has 0 bridgehead atoms. The van der Waals surface area contributed by atoms with Crippen LogP contribution in [0.3, 0.4) is 0 Å². The number of carboxylic acid groups (broad SMARTS) is 1. The molecule has 0 radical (unpaired) electrons. The minimum absolute atomic E-state index is 0.0804. The Bertz CT molecular complexity index is 338. The molecular weight excluding hydrogens is 166 g/mol. The topological polar surface area (TPSA) is 64.9 Å². The lowest BCUT2D eigenvalue weighted by atomic mass is 10.0. The summed E-state index contributed by atoms with van der Waals surface area (Å²) in [5, 5.41) is 8.68. The molecule has 3 heteroatoms.